The van der Waals surface area contributed by atoms with Crippen molar-refractivity contribution in [3.05, 3.63) is 58.9 Å². The van der Waals surface area contributed by atoms with Crippen molar-refractivity contribution in [2.45, 2.75) is 13.8 Å². The molecule has 4 nitrogen and oxygen atoms in total. The zero-order valence-corrected chi connectivity index (χ0v) is 10.8. The maximum absolute atomic E-state index is 12.1. The minimum absolute atomic E-state index is 0.227. The fourth-order valence-corrected chi connectivity index (χ4v) is 1.79. The fraction of sp³-hybridized carbons (Fsp3) is 0.133. The highest BCUT2D eigenvalue weighted by molar-refractivity contribution is 6.04. The molecular formula is C15H13N3O. The van der Waals surface area contributed by atoms with Gasteiger partial charge in [0.05, 0.1) is 5.56 Å². The molecule has 0 radical (unpaired) electrons. The molecule has 0 atom stereocenters. The van der Waals surface area contributed by atoms with Crippen molar-refractivity contribution in [1.29, 1.82) is 5.26 Å². The number of nitrogens with one attached hydrogen (secondary N) is 1. The van der Waals surface area contributed by atoms with Gasteiger partial charge < -0.3 is 5.32 Å². The summed E-state index contributed by atoms with van der Waals surface area (Å²) in [6.45, 7) is 3.89. The third-order valence-corrected chi connectivity index (χ3v) is 2.86. The van der Waals surface area contributed by atoms with Crippen LogP contribution in [-0.4, -0.2) is 10.9 Å². The summed E-state index contributed by atoms with van der Waals surface area (Å²) in [7, 11) is 0. The van der Waals surface area contributed by atoms with Gasteiger partial charge in [-0.3, -0.25) is 4.79 Å². The van der Waals surface area contributed by atoms with Crippen molar-refractivity contribution in [2.75, 3.05) is 5.32 Å². The average Bonchev–Trinajstić information content (AvgIpc) is 2.43. The first-order valence-corrected chi connectivity index (χ1v) is 5.85. The summed E-state index contributed by atoms with van der Waals surface area (Å²) >= 11 is 0. The first kappa shape index (κ1) is 12.8. The molecule has 1 aromatic carbocycles. The molecule has 1 amide bonds. The van der Waals surface area contributed by atoms with Crippen LogP contribution in [0.2, 0.25) is 0 Å². The van der Waals surface area contributed by atoms with Crippen LogP contribution in [0.3, 0.4) is 0 Å². The minimum atomic E-state index is -0.227. The van der Waals surface area contributed by atoms with Crippen LogP contribution in [0.1, 0.15) is 27.2 Å². The topological polar surface area (TPSA) is 65.8 Å². The number of nitrogens with zero attached hydrogens (tertiary/aromatic N) is 2. The van der Waals surface area contributed by atoms with Crippen molar-refractivity contribution >= 4 is 11.6 Å². The zero-order chi connectivity index (χ0) is 13.8. The smallest absolute Gasteiger partial charge is 0.257 e. The summed E-state index contributed by atoms with van der Waals surface area (Å²) in [5.41, 5.74) is 3.56. The Kier molecular flexibility index (Phi) is 3.58. The molecule has 1 aromatic heterocycles. The number of anilines is 1. The van der Waals surface area contributed by atoms with Crippen LogP contribution < -0.4 is 5.32 Å². The lowest BCUT2D eigenvalue weighted by Crippen LogP contribution is -2.14. The highest BCUT2D eigenvalue weighted by Crippen LogP contribution is 2.20. The number of aromatic nitrogens is 1. The summed E-state index contributed by atoms with van der Waals surface area (Å²) < 4.78 is 0. The van der Waals surface area contributed by atoms with E-state index in [-0.39, 0.29) is 5.91 Å². The van der Waals surface area contributed by atoms with Crippen LogP contribution >= 0.6 is 0 Å². The molecule has 2 rings (SSSR count). The van der Waals surface area contributed by atoms with Crippen LogP contribution in [-0.2, 0) is 0 Å². The highest BCUT2D eigenvalue weighted by atomic mass is 16.1. The van der Waals surface area contributed by atoms with Gasteiger partial charge in [0.15, 0.2) is 0 Å². The number of rotatable bonds is 2. The van der Waals surface area contributed by atoms with E-state index >= 15 is 0 Å². The Balaban J connectivity index is 2.23. The SMILES string of the molecule is Cc1cccc(C)c1NC(=O)c1ccc(C#N)nc1. The van der Waals surface area contributed by atoms with Gasteiger partial charge in [-0.1, -0.05) is 18.2 Å². The molecule has 0 aliphatic heterocycles. The Morgan fingerprint density at radius 1 is 1.21 bits per heavy atom. The molecule has 0 aliphatic carbocycles. The van der Waals surface area contributed by atoms with Crippen molar-refractivity contribution in [3.8, 4) is 6.07 Å². The number of nitriles is 1. The predicted molar refractivity (Wildman–Crippen MR) is 72.8 cm³/mol. The highest BCUT2D eigenvalue weighted by Gasteiger charge is 2.09. The van der Waals surface area contributed by atoms with Gasteiger partial charge in [0, 0.05) is 11.9 Å². The Bertz CT molecular complexity index is 634. The summed E-state index contributed by atoms with van der Waals surface area (Å²) in [6.07, 6.45) is 1.40. The van der Waals surface area contributed by atoms with E-state index in [0.717, 1.165) is 16.8 Å². The van der Waals surface area contributed by atoms with Crippen molar-refractivity contribution in [1.82, 2.24) is 4.98 Å². The van der Waals surface area contributed by atoms with Crippen molar-refractivity contribution in [3.63, 3.8) is 0 Å². The molecule has 94 valence electrons. The second kappa shape index (κ2) is 5.32. The van der Waals surface area contributed by atoms with Crippen LogP contribution in [0.4, 0.5) is 5.69 Å². The number of benzene rings is 1. The lowest BCUT2D eigenvalue weighted by Gasteiger charge is -2.11. The molecule has 0 saturated carbocycles. The van der Waals surface area contributed by atoms with Crippen molar-refractivity contribution in [2.24, 2.45) is 0 Å². The van der Waals surface area contributed by atoms with E-state index < -0.39 is 0 Å². The van der Waals surface area contributed by atoms with E-state index in [0.29, 0.717) is 11.3 Å². The minimum Gasteiger partial charge on any atom is -0.321 e. The average molecular weight is 251 g/mol. The number of carbonyl (C=O) groups excluding carboxylic acids is 1. The quantitative estimate of drug-likeness (QED) is 0.892. The maximum atomic E-state index is 12.1. The monoisotopic (exact) mass is 251 g/mol. The number of hydrogen-bond acceptors (Lipinski definition) is 3. The van der Waals surface area contributed by atoms with Gasteiger partial charge >= 0.3 is 0 Å². The van der Waals surface area contributed by atoms with Gasteiger partial charge in [-0.2, -0.15) is 5.26 Å². The van der Waals surface area contributed by atoms with Gasteiger partial charge in [0.1, 0.15) is 11.8 Å². The molecule has 0 unspecified atom stereocenters. The number of aryl methyl sites for hydroxylation is 2. The second-order valence-corrected chi connectivity index (χ2v) is 4.26. The number of carbonyl (C=O) groups is 1. The number of amides is 1. The maximum Gasteiger partial charge on any atom is 0.257 e. The van der Waals surface area contributed by atoms with Gasteiger partial charge in [0.25, 0.3) is 5.91 Å². The molecule has 2 aromatic rings. The normalized spacial score (nSPS) is 9.74. The Morgan fingerprint density at radius 2 is 1.89 bits per heavy atom. The van der Waals surface area contributed by atoms with E-state index in [1.807, 2.05) is 38.1 Å². The molecule has 0 spiro atoms. The largest absolute Gasteiger partial charge is 0.321 e. The van der Waals surface area contributed by atoms with Crippen LogP contribution in [0.25, 0.3) is 0 Å². The van der Waals surface area contributed by atoms with E-state index in [9.17, 15) is 4.79 Å². The van der Waals surface area contributed by atoms with Gasteiger partial charge in [-0.25, -0.2) is 4.98 Å². The van der Waals surface area contributed by atoms with Crippen LogP contribution in [0.15, 0.2) is 36.5 Å². The van der Waals surface area contributed by atoms with E-state index in [1.165, 1.54) is 12.3 Å². The molecule has 0 fully saturated rings. The van der Waals surface area contributed by atoms with Crippen LogP contribution in [0.5, 0.6) is 0 Å². The third-order valence-electron chi connectivity index (χ3n) is 2.86. The van der Waals surface area contributed by atoms with Crippen molar-refractivity contribution < 1.29 is 4.79 Å². The Labute approximate surface area is 111 Å². The fourth-order valence-electron chi connectivity index (χ4n) is 1.79. The lowest BCUT2D eigenvalue weighted by atomic mass is 10.1. The molecule has 1 N–H and O–H groups in total. The third kappa shape index (κ3) is 2.78. The van der Waals surface area contributed by atoms with Crippen LogP contribution in [0, 0.1) is 25.2 Å². The summed E-state index contributed by atoms with van der Waals surface area (Å²) in [5, 5.41) is 11.5. The standard InChI is InChI=1S/C15H13N3O/c1-10-4-3-5-11(2)14(10)18-15(19)12-6-7-13(8-16)17-9-12/h3-7,9H,1-2H3,(H,18,19). The molecular weight excluding hydrogens is 238 g/mol. The predicted octanol–water partition coefficient (Wildman–Crippen LogP) is 2.82. The number of pyridine rings is 1. The van der Waals surface area contributed by atoms with E-state index in [2.05, 4.69) is 10.3 Å². The summed E-state index contributed by atoms with van der Waals surface area (Å²) in [6, 6.07) is 10.9. The molecule has 4 heteroatoms. The van der Waals surface area contributed by atoms with E-state index in [4.69, 9.17) is 5.26 Å². The van der Waals surface area contributed by atoms with Gasteiger partial charge in [-0.05, 0) is 37.1 Å². The lowest BCUT2D eigenvalue weighted by molar-refractivity contribution is 0.102. The number of hydrogen-bond donors (Lipinski definition) is 1. The molecule has 0 aliphatic rings. The van der Waals surface area contributed by atoms with E-state index in [1.54, 1.807) is 6.07 Å². The molecule has 1 heterocycles. The molecule has 0 saturated heterocycles. The molecule has 19 heavy (non-hydrogen) atoms. The van der Waals surface area contributed by atoms with Gasteiger partial charge in [-0.15, -0.1) is 0 Å². The Morgan fingerprint density at radius 3 is 2.42 bits per heavy atom. The first-order chi connectivity index (χ1) is 9.11. The second-order valence-electron chi connectivity index (χ2n) is 4.26. The zero-order valence-electron chi connectivity index (χ0n) is 10.8. The van der Waals surface area contributed by atoms with Gasteiger partial charge in [0.2, 0.25) is 0 Å². The summed E-state index contributed by atoms with van der Waals surface area (Å²) in [4.78, 5) is 16.0. The first-order valence-electron chi connectivity index (χ1n) is 5.85. The molecule has 0 bridgehead atoms. The number of para-hydroxylation sites is 1. The Hall–Kier alpha value is -2.67. The summed E-state index contributed by atoms with van der Waals surface area (Å²) in [5.74, 6) is -0.227.